The minimum absolute atomic E-state index is 0.107. The minimum Gasteiger partial charge on any atom is -0.352 e. The number of rotatable bonds is 1. The van der Waals surface area contributed by atoms with E-state index < -0.39 is 0 Å². The Morgan fingerprint density at radius 1 is 1.22 bits per heavy atom. The van der Waals surface area contributed by atoms with Crippen LogP contribution < -0.4 is 5.73 Å². The number of nitrogens with two attached hydrogens (primary N) is 1. The van der Waals surface area contributed by atoms with Gasteiger partial charge in [-0.1, -0.05) is 36.8 Å². The van der Waals surface area contributed by atoms with Crippen molar-refractivity contribution in [3.63, 3.8) is 0 Å². The monoisotopic (exact) mass is 246 g/mol. The van der Waals surface area contributed by atoms with E-state index >= 15 is 0 Å². The van der Waals surface area contributed by atoms with E-state index in [4.69, 9.17) is 10.5 Å². The van der Waals surface area contributed by atoms with E-state index in [9.17, 15) is 0 Å². The first-order chi connectivity index (χ1) is 8.77. The number of morpholine rings is 1. The molecule has 0 radical (unpaired) electrons. The zero-order valence-electron chi connectivity index (χ0n) is 11.0. The normalized spacial score (nSPS) is 37.2. The molecule has 2 fully saturated rings. The number of hydrogen-bond acceptors (Lipinski definition) is 3. The van der Waals surface area contributed by atoms with Crippen LogP contribution in [0.15, 0.2) is 30.3 Å². The average Bonchev–Trinajstić information content (AvgIpc) is 2.44. The minimum atomic E-state index is -0.147. The second kappa shape index (κ2) is 5.00. The summed E-state index contributed by atoms with van der Waals surface area (Å²) in [4.78, 5) is 2.55. The lowest BCUT2D eigenvalue weighted by atomic mass is 9.92. The third-order valence-electron chi connectivity index (χ3n) is 4.36. The molecule has 1 aromatic carbocycles. The van der Waals surface area contributed by atoms with Gasteiger partial charge in [0.05, 0.1) is 6.10 Å². The summed E-state index contributed by atoms with van der Waals surface area (Å²) in [5.74, 6) is 0. The summed E-state index contributed by atoms with van der Waals surface area (Å²) in [5, 5.41) is 0. The second-order valence-corrected chi connectivity index (χ2v) is 5.47. The molecule has 98 valence electrons. The maximum atomic E-state index is 6.22. The fourth-order valence-corrected chi connectivity index (χ4v) is 3.39. The number of hydrogen-bond donors (Lipinski definition) is 1. The number of piperidine rings is 1. The molecule has 3 rings (SSSR count). The molecule has 2 N–H and O–H groups in total. The molecule has 2 aliphatic rings. The summed E-state index contributed by atoms with van der Waals surface area (Å²) < 4.78 is 6.09. The zero-order chi connectivity index (χ0) is 12.5. The smallest absolute Gasteiger partial charge is 0.122 e. The fraction of sp³-hybridized carbons (Fsp3) is 0.600. The Morgan fingerprint density at radius 2 is 2.00 bits per heavy atom. The summed E-state index contributed by atoms with van der Waals surface area (Å²) in [5.41, 5.74) is 7.46. The Labute approximate surface area is 109 Å². The van der Waals surface area contributed by atoms with Crippen LogP contribution in [-0.2, 0) is 4.74 Å². The molecule has 1 aromatic rings. The van der Waals surface area contributed by atoms with Crippen molar-refractivity contribution in [1.29, 1.82) is 0 Å². The molecular formula is C15H22N2O. The van der Waals surface area contributed by atoms with Crippen molar-refractivity contribution in [2.24, 2.45) is 5.73 Å². The number of nitrogens with zero attached hydrogens (tertiary/aromatic N) is 1. The predicted molar refractivity (Wildman–Crippen MR) is 72.1 cm³/mol. The van der Waals surface area contributed by atoms with Crippen molar-refractivity contribution in [2.75, 3.05) is 6.54 Å². The van der Waals surface area contributed by atoms with Crippen LogP contribution in [0.1, 0.15) is 37.9 Å². The maximum absolute atomic E-state index is 6.22. The van der Waals surface area contributed by atoms with Crippen LogP contribution in [-0.4, -0.2) is 29.8 Å². The molecule has 0 spiro atoms. The highest BCUT2D eigenvalue weighted by molar-refractivity contribution is 5.20. The quantitative estimate of drug-likeness (QED) is 0.826. The molecule has 4 atom stereocenters. The Bertz CT molecular complexity index is 395. The standard InChI is InChI=1S/C15H22N2O/c1-11-14(12-7-3-2-4-8-12)18-15(16)13-9-5-6-10-17(11)13/h2-4,7-8,11,13-15H,5-6,9-10,16H2,1H3. The van der Waals surface area contributed by atoms with E-state index in [2.05, 4.69) is 36.1 Å². The Balaban J connectivity index is 1.85. The van der Waals surface area contributed by atoms with E-state index in [-0.39, 0.29) is 12.3 Å². The molecule has 0 saturated carbocycles. The molecule has 2 saturated heterocycles. The summed E-state index contributed by atoms with van der Waals surface area (Å²) >= 11 is 0. The van der Waals surface area contributed by atoms with Gasteiger partial charge in [-0.15, -0.1) is 0 Å². The summed E-state index contributed by atoms with van der Waals surface area (Å²) in [7, 11) is 0. The summed E-state index contributed by atoms with van der Waals surface area (Å²) in [6, 6.07) is 11.3. The van der Waals surface area contributed by atoms with Crippen LogP contribution in [0.2, 0.25) is 0 Å². The molecule has 3 heteroatoms. The van der Waals surface area contributed by atoms with Gasteiger partial charge in [0.25, 0.3) is 0 Å². The van der Waals surface area contributed by atoms with Gasteiger partial charge in [-0.05, 0) is 31.9 Å². The lowest BCUT2D eigenvalue weighted by Gasteiger charge is -2.50. The van der Waals surface area contributed by atoms with Gasteiger partial charge in [0.1, 0.15) is 6.23 Å². The van der Waals surface area contributed by atoms with Gasteiger partial charge >= 0.3 is 0 Å². The first-order valence-electron chi connectivity index (χ1n) is 6.99. The SMILES string of the molecule is CC1C(c2ccccc2)OC(N)C2CCCCN12. The van der Waals surface area contributed by atoms with Gasteiger partial charge in [-0.3, -0.25) is 4.90 Å². The van der Waals surface area contributed by atoms with Crippen molar-refractivity contribution in [3.05, 3.63) is 35.9 Å². The molecule has 0 amide bonds. The Hall–Kier alpha value is -0.900. The van der Waals surface area contributed by atoms with Gasteiger partial charge in [-0.25, -0.2) is 0 Å². The molecule has 0 aliphatic carbocycles. The van der Waals surface area contributed by atoms with E-state index in [1.165, 1.54) is 24.8 Å². The third-order valence-corrected chi connectivity index (χ3v) is 4.36. The van der Waals surface area contributed by atoms with Crippen LogP contribution in [0.3, 0.4) is 0 Å². The Kier molecular flexibility index (Phi) is 3.37. The van der Waals surface area contributed by atoms with Gasteiger partial charge in [0.2, 0.25) is 0 Å². The molecule has 2 aliphatic heterocycles. The van der Waals surface area contributed by atoms with Gasteiger partial charge in [0, 0.05) is 12.1 Å². The van der Waals surface area contributed by atoms with Gasteiger partial charge < -0.3 is 10.5 Å². The van der Waals surface area contributed by atoms with Crippen molar-refractivity contribution >= 4 is 0 Å². The molecule has 2 heterocycles. The predicted octanol–water partition coefficient (Wildman–Crippen LogP) is 2.29. The molecule has 0 bridgehead atoms. The zero-order valence-corrected chi connectivity index (χ0v) is 11.0. The van der Waals surface area contributed by atoms with E-state index in [1.54, 1.807) is 0 Å². The van der Waals surface area contributed by atoms with Crippen LogP contribution in [0, 0.1) is 0 Å². The summed E-state index contributed by atoms with van der Waals surface area (Å²) in [6.45, 7) is 3.42. The fourth-order valence-electron chi connectivity index (χ4n) is 3.39. The van der Waals surface area contributed by atoms with Crippen molar-refractivity contribution in [1.82, 2.24) is 4.90 Å². The molecular weight excluding hydrogens is 224 g/mol. The van der Waals surface area contributed by atoms with Gasteiger partial charge in [0.15, 0.2) is 0 Å². The highest BCUT2D eigenvalue weighted by atomic mass is 16.5. The molecule has 0 aromatic heterocycles. The topological polar surface area (TPSA) is 38.5 Å². The molecule has 4 unspecified atom stereocenters. The Morgan fingerprint density at radius 3 is 2.78 bits per heavy atom. The van der Waals surface area contributed by atoms with Crippen molar-refractivity contribution in [2.45, 2.75) is 50.6 Å². The second-order valence-electron chi connectivity index (χ2n) is 5.47. The highest BCUT2D eigenvalue weighted by Crippen LogP contribution is 2.36. The third kappa shape index (κ3) is 2.07. The van der Waals surface area contributed by atoms with Crippen LogP contribution in [0.25, 0.3) is 0 Å². The average molecular weight is 246 g/mol. The first kappa shape index (κ1) is 12.2. The van der Waals surface area contributed by atoms with Crippen LogP contribution >= 0.6 is 0 Å². The lowest BCUT2D eigenvalue weighted by Crippen LogP contribution is -2.61. The van der Waals surface area contributed by atoms with Gasteiger partial charge in [-0.2, -0.15) is 0 Å². The maximum Gasteiger partial charge on any atom is 0.122 e. The van der Waals surface area contributed by atoms with Crippen molar-refractivity contribution in [3.8, 4) is 0 Å². The number of benzene rings is 1. The van der Waals surface area contributed by atoms with Crippen LogP contribution in [0.5, 0.6) is 0 Å². The van der Waals surface area contributed by atoms with Crippen LogP contribution in [0.4, 0.5) is 0 Å². The van der Waals surface area contributed by atoms with E-state index in [0.29, 0.717) is 12.1 Å². The summed E-state index contributed by atoms with van der Waals surface area (Å²) in [6.07, 6.45) is 3.70. The molecule has 18 heavy (non-hydrogen) atoms. The number of ether oxygens (including phenoxy) is 1. The lowest BCUT2D eigenvalue weighted by molar-refractivity contribution is -0.157. The first-order valence-corrected chi connectivity index (χ1v) is 6.99. The highest BCUT2D eigenvalue weighted by Gasteiger charge is 2.41. The molecule has 3 nitrogen and oxygen atoms in total. The number of fused-ring (bicyclic) bond motifs is 1. The van der Waals surface area contributed by atoms with E-state index in [0.717, 1.165) is 6.54 Å². The van der Waals surface area contributed by atoms with E-state index in [1.807, 2.05) is 6.07 Å². The van der Waals surface area contributed by atoms with Crippen molar-refractivity contribution < 1.29 is 4.74 Å². The largest absolute Gasteiger partial charge is 0.352 e.